The van der Waals surface area contributed by atoms with Gasteiger partial charge in [-0.05, 0) is 26.0 Å². The van der Waals surface area contributed by atoms with Crippen LogP contribution < -0.4 is 5.32 Å². The van der Waals surface area contributed by atoms with Gasteiger partial charge in [0.2, 0.25) is 0 Å². The average Bonchev–Trinajstić information content (AvgIpc) is 2.69. The van der Waals surface area contributed by atoms with Crippen LogP contribution in [0.25, 0.3) is 0 Å². The second kappa shape index (κ2) is 5.17. The van der Waals surface area contributed by atoms with Crippen molar-refractivity contribution in [3.05, 3.63) is 47.3 Å². The molecule has 0 unspecified atom stereocenters. The summed E-state index contributed by atoms with van der Waals surface area (Å²) in [5, 5.41) is 6.65. The fraction of sp³-hybridized carbons (Fsp3) is 0.231. The molecule has 0 saturated carbocycles. The summed E-state index contributed by atoms with van der Waals surface area (Å²) in [6, 6.07) is 2.69. The number of nitrogens with zero attached hydrogens (tertiary/aromatic N) is 2. The van der Waals surface area contributed by atoms with E-state index < -0.39 is 17.5 Å². The number of aryl methyl sites for hydroxylation is 1. The Bertz CT molecular complexity index is 602. The molecule has 19 heavy (non-hydrogen) atoms. The van der Waals surface area contributed by atoms with Gasteiger partial charge in [0.05, 0.1) is 17.6 Å². The second-order valence-corrected chi connectivity index (χ2v) is 4.07. The predicted octanol–water partition coefficient (Wildman–Crippen LogP) is 2.74. The molecule has 0 aliphatic heterocycles. The Balaban J connectivity index is 2.23. The molecular formula is C13H13F2N3O. The SMILES string of the molecule is CCn1ncc(NC(=O)c2cc(F)cc(F)c2)c1C. The van der Waals surface area contributed by atoms with Crippen LogP contribution in [0.5, 0.6) is 0 Å². The molecule has 0 bridgehead atoms. The Labute approximate surface area is 109 Å². The molecule has 100 valence electrons. The van der Waals surface area contributed by atoms with Gasteiger partial charge in [-0.3, -0.25) is 9.48 Å². The molecule has 1 aromatic heterocycles. The summed E-state index contributed by atoms with van der Waals surface area (Å²) in [6.45, 7) is 4.40. The summed E-state index contributed by atoms with van der Waals surface area (Å²) < 4.78 is 27.8. The minimum absolute atomic E-state index is 0.0684. The van der Waals surface area contributed by atoms with Crippen molar-refractivity contribution >= 4 is 11.6 Å². The molecule has 0 atom stereocenters. The van der Waals surface area contributed by atoms with Crippen LogP contribution >= 0.6 is 0 Å². The summed E-state index contributed by atoms with van der Waals surface area (Å²) in [4.78, 5) is 11.9. The Morgan fingerprint density at radius 1 is 1.32 bits per heavy atom. The zero-order chi connectivity index (χ0) is 14.0. The van der Waals surface area contributed by atoms with Crippen LogP contribution in [0, 0.1) is 18.6 Å². The highest BCUT2D eigenvalue weighted by Crippen LogP contribution is 2.16. The van der Waals surface area contributed by atoms with Crippen molar-refractivity contribution in [1.82, 2.24) is 9.78 Å². The van der Waals surface area contributed by atoms with Gasteiger partial charge in [0, 0.05) is 18.2 Å². The van der Waals surface area contributed by atoms with Gasteiger partial charge in [-0.15, -0.1) is 0 Å². The van der Waals surface area contributed by atoms with E-state index in [1.54, 1.807) is 11.6 Å². The molecule has 1 heterocycles. The zero-order valence-electron chi connectivity index (χ0n) is 10.6. The van der Waals surface area contributed by atoms with Crippen molar-refractivity contribution < 1.29 is 13.6 Å². The topological polar surface area (TPSA) is 46.9 Å². The highest BCUT2D eigenvalue weighted by molar-refractivity contribution is 6.04. The van der Waals surface area contributed by atoms with E-state index in [1.165, 1.54) is 6.20 Å². The number of nitrogens with one attached hydrogen (secondary N) is 1. The van der Waals surface area contributed by atoms with Crippen LogP contribution in [0.1, 0.15) is 23.0 Å². The molecule has 2 aromatic rings. The third-order valence-electron chi connectivity index (χ3n) is 2.78. The van der Waals surface area contributed by atoms with Gasteiger partial charge in [-0.2, -0.15) is 5.10 Å². The summed E-state index contributed by atoms with van der Waals surface area (Å²) in [5.41, 5.74) is 1.24. The molecule has 0 radical (unpaired) electrons. The average molecular weight is 265 g/mol. The second-order valence-electron chi connectivity index (χ2n) is 4.07. The minimum Gasteiger partial charge on any atom is -0.319 e. The number of benzene rings is 1. The number of aromatic nitrogens is 2. The van der Waals surface area contributed by atoms with Crippen LogP contribution in [0.3, 0.4) is 0 Å². The molecule has 2 rings (SSSR count). The number of carbonyl (C=O) groups excluding carboxylic acids is 1. The first-order valence-electron chi connectivity index (χ1n) is 5.81. The van der Waals surface area contributed by atoms with Crippen LogP contribution in [0.4, 0.5) is 14.5 Å². The van der Waals surface area contributed by atoms with Crippen molar-refractivity contribution in [3.63, 3.8) is 0 Å². The van der Waals surface area contributed by atoms with Gasteiger partial charge in [0.25, 0.3) is 5.91 Å². The maximum absolute atomic E-state index is 13.0. The fourth-order valence-corrected chi connectivity index (χ4v) is 1.77. The molecule has 1 N–H and O–H groups in total. The normalized spacial score (nSPS) is 10.5. The van der Waals surface area contributed by atoms with Gasteiger partial charge in [0.15, 0.2) is 0 Å². The van der Waals surface area contributed by atoms with E-state index in [9.17, 15) is 13.6 Å². The van der Waals surface area contributed by atoms with E-state index in [2.05, 4.69) is 10.4 Å². The molecule has 0 aliphatic rings. The van der Waals surface area contributed by atoms with Crippen LogP contribution in [-0.4, -0.2) is 15.7 Å². The summed E-state index contributed by atoms with van der Waals surface area (Å²) >= 11 is 0. The van der Waals surface area contributed by atoms with Crippen LogP contribution in [0.2, 0.25) is 0 Å². The van der Waals surface area contributed by atoms with Crippen LogP contribution in [-0.2, 0) is 6.54 Å². The number of hydrogen-bond acceptors (Lipinski definition) is 2. The molecule has 6 heteroatoms. The Hall–Kier alpha value is -2.24. The fourth-order valence-electron chi connectivity index (χ4n) is 1.77. The lowest BCUT2D eigenvalue weighted by molar-refractivity contribution is 0.102. The predicted molar refractivity (Wildman–Crippen MR) is 66.9 cm³/mol. The largest absolute Gasteiger partial charge is 0.319 e. The zero-order valence-corrected chi connectivity index (χ0v) is 10.6. The Kier molecular flexibility index (Phi) is 3.59. The number of halogens is 2. The van der Waals surface area contributed by atoms with Gasteiger partial charge >= 0.3 is 0 Å². The first-order valence-corrected chi connectivity index (χ1v) is 5.81. The lowest BCUT2D eigenvalue weighted by atomic mass is 10.2. The summed E-state index contributed by atoms with van der Waals surface area (Å²) in [7, 11) is 0. The minimum atomic E-state index is -0.786. The van der Waals surface area contributed by atoms with Crippen LogP contribution in [0.15, 0.2) is 24.4 Å². The monoisotopic (exact) mass is 265 g/mol. The van der Waals surface area contributed by atoms with E-state index >= 15 is 0 Å². The molecule has 0 saturated heterocycles. The summed E-state index contributed by atoms with van der Waals surface area (Å²) in [6.07, 6.45) is 1.51. The molecule has 4 nitrogen and oxygen atoms in total. The van der Waals surface area contributed by atoms with Crippen molar-refractivity contribution in [2.75, 3.05) is 5.32 Å². The third kappa shape index (κ3) is 2.78. The molecule has 1 aromatic carbocycles. The maximum Gasteiger partial charge on any atom is 0.255 e. The van der Waals surface area contributed by atoms with E-state index in [0.717, 1.165) is 23.9 Å². The molecule has 0 spiro atoms. The molecule has 0 fully saturated rings. The number of hydrogen-bond donors (Lipinski definition) is 1. The maximum atomic E-state index is 13.0. The van der Waals surface area contributed by atoms with E-state index in [-0.39, 0.29) is 5.56 Å². The standard InChI is InChI=1S/C13H13F2N3O/c1-3-18-8(2)12(7-16-18)17-13(19)9-4-10(14)6-11(15)5-9/h4-7H,3H2,1-2H3,(H,17,19). The van der Waals surface area contributed by atoms with Crippen molar-refractivity contribution in [1.29, 1.82) is 0 Å². The number of amides is 1. The van der Waals surface area contributed by atoms with E-state index in [4.69, 9.17) is 0 Å². The van der Waals surface area contributed by atoms with Gasteiger partial charge in [-0.1, -0.05) is 0 Å². The van der Waals surface area contributed by atoms with E-state index in [0.29, 0.717) is 12.2 Å². The third-order valence-corrected chi connectivity index (χ3v) is 2.78. The Morgan fingerprint density at radius 3 is 2.47 bits per heavy atom. The van der Waals surface area contributed by atoms with Gasteiger partial charge in [-0.25, -0.2) is 8.78 Å². The number of anilines is 1. The molecule has 1 amide bonds. The first kappa shape index (κ1) is 13.2. The first-order chi connectivity index (χ1) is 9.01. The van der Waals surface area contributed by atoms with Crippen molar-refractivity contribution in [2.24, 2.45) is 0 Å². The number of rotatable bonds is 3. The number of carbonyl (C=O) groups is 1. The van der Waals surface area contributed by atoms with Gasteiger partial charge in [0.1, 0.15) is 11.6 Å². The lowest BCUT2D eigenvalue weighted by Gasteiger charge is -2.05. The van der Waals surface area contributed by atoms with E-state index in [1.807, 2.05) is 6.92 Å². The molecule has 0 aliphatic carbocycles. The van der Waals surface area contributed by atoms with Crippen molar-refractivity contribution in [2.45, 2.75) is 20.4 Å². The smallest absolute Gasteiger partial charge is 0.255 e. The van der Waals surface area contributed by atoms with Gasteiger partial charge < -0.3 is 5.32 Å². The quantitative estimate of drug-likeness (QED) is 0.927. The van der Waals surface area contributed by atoms with Crippen molar-refractivity contribution in [3.8, 4) is 0 Å². The highest BCUT2D eigenvalue weighted by atomic mass is 19.1. The summed E-state index contributed by atoms with van der Waals surface area (Å²) in [5.74, 6) is -2.14. The lowest BCUT2D eigenvalue weighted by Crippen LogP contribution is -2.13. The Morgan fingerprint density at radius 2 is 1.95 bits per heavy atom. The molecular weight excluding hydrogens is 252 g/mol. The highest BCUT2D eigenvalue weighted by Gasteiger charge is 2.12.